The maximum absolute atomic E-state index is 12.0. The molecule has 1 aromatic heterocycles. The normalized spacial score (nSPS) is 20.7. The van der Waals surface area contributed by atoms with Crippen LogP contribution in [0.15, 0.2) is 36.5 Å². The van der Waals surface area contributed by atoms with Crippen LogP contribution in [0.2, 0.25) is 0 Å². The van der Waals surface area contributed by atoms with Gasteiger partial charge in [0.15, 0.2) is 0 Å². The van der Waals surface area contributed by atoms with Crippen LogP contribution in [0, 0.1) is 5.92 Å². The summed E-state index contributed by atoms with van der Waals surface area (Å²) in [5.74, 6) is 1.91. The van der Waals surface area contributed by atoms with Crippen LogP contribution in [-0.4, -0.2) is 41.7 Å². The monoisotopic (exact) mass is 330 g/mol. The van der Waals surface area contributed by atoms with Crippen LogP contribution in [0.25, 0.3) is 10.9 Å². The Labute approximate surface area is 141 Å². The highest BCUT2D eigenvalue weighted by atomic mass is 32.2. The molecular weight excluding hydrogens is 308 g/mol. The van der Waals surface area contributed by atoms with Gasteiger partial charge in [0.05, 0.1) is 30.5 Å². The largest absolute Gasteiger partial charge is 0.379 e. The molecule has 0 radical (unpaired) electrons. The molecule has 2 aromatic rings. The van der Waals surface area contributed by atoms with Gasteiger partial charge in [0.2, 0.25) is 5.91 Å². The number of benzene rings is 1. The Kier molecular flexibility index (Phi) is 5.51. The third-order valence-electron chi connectivity index (χ3n) is 4.20. The second kappa shape index (κ2) is 7.79. The minimum Gasteiger partial charge on any atom is -0.379 e. The molecule has 1 amide bonds. The molecule has 0 spiro atoms. The fraction of sp³-hybridized carbons (Fsp3) is 0.444. The van der Waals surface area contributed by atoms with E-state index in [0.29, 0.717) is 24.9 Å². The van der Waals surface area contributed by atoms with Crippen LogP contribution >= 0.6 is 11.8 Å². The fourth-order valence-electron chi connectivity index (χ4n) is 3.02. The lowest BCUT2D eigenvalue weighted by atomic mass is 9.93. The molecule has 1 N–H and O–H groups in total. The molecule has 23 heavy (non-hydrogen) atoms. The number of rotatable bonds is 6. The number of thioether (sulfide) groups is 1. The first kappa shape index (κ1) is 16.3. The van der Waals surface area contributed by atoms with Crippen LogP contribution in [0.4, 0.5) is 0 Å². The SMILES string of the molecule is CCSCC(=O)N[C@H]1COC[C@H]1Cc1ccnc2ccccc12. The third kappa shape index (κ3) is 4.03. The van der Waals surface area contributed by atoms with Crippen molar-refractivity contribution in [2.24, 2.45) is 5.92 Å². The summed E-state index contributed by atoms with van der Waals surface area (Å²) in [5, 5.41) is 4.32. The average Bonchev–Trinajstić information content (AvgIpc) is 3.00. The van der Waals surface area contributed by atoms with Gasteiger partial charge in [-0.15, -0.1) is 0 Å². The lowest BCUT2D eigenvalue weighted by Crippen LogP contribution is -2.41. The molecule has 0 unspecified atom stereocenters. The van der Waals surface area contributed by atoms with Crippen molar-refractivity contribution < 1.29 is 9.53 Å². The van der Waals surface area contributed by atoms with Gasteiger partial charge < -0.3 is 10.1 Å². The standard InChI is InChI=1S/C18H22N2O2S/c1-2-23-12-18(21)20-17-11-22-10-14(17)9-13-7-8-19-16-6-4-3-5-15(13)16/h3-8,14,17H,2,9-12H2,1H3,(H,20,21)/t14-,17+/m1/s1. The number of ether oxygens (including phenoxy) is 1. The van der Waals surface area contributed by atoms with Gasteiger partial charge in [-0.2, -0.15) is 11.8 Å². The van der Waals surface area contributed by atoms with E-state index in [9.17, 15) is 4.79 Å². The van der Waals surface area contributed by atoms with Crippen molar-refractivity contribution in [1.29, 1.82) is 0 Å². The molecule has 0 aliphatic carbocycles. The minimum atomic E-state index is 0.104. The summed E-state index contributed by atoms with van der Waals surface area (Å²) in [7, 11) is 0. The fourth-order valence-corrected chi connectivity index (χ4v) is 3.49. The molecule has 4 nitrogen and oxygen atoms in total. The van der Waals surface area contributed by atoms with Crippen molar-refractivity contribution in [3.8, 4) is 0 Å². The Morgan fingerprint density at radius 3 is 3.09 bits per heavy atom. The molecule has 5 heteroatoms. The quantitative estimate of drug-likeness (QED) is 0.885. The first-order valence-electron chi connectivity index (χ1n) is 8.05. The number of fused-ring (bicyclic) bond motifs is 1. The molecule has 122 valence electrons. The van der Waals surface area contributed by atoms with Gasteiger partial charge >= 0.3 is 0 Å². The Morgan fingerprint density at radius 2 is 2.22 bits per heavy atom. The van der Waals surface area contributed by atoms with Crippen molar-refractivity contribution in [2.45, 2.75) is 19.4 Å². The summed E-state index contributed by atoms with van der Waals surface area (Å²) in [6.45, 7) is 3.37. The molecule has 2 atom stereocenters. The summed E-state index contributed by atoms with van der Waals surface area (Å²) < 4.78 is 5.62. The van der Waals surface area contributed by atoms with E-state index in [1.54, 1.807) is 11.8 Å². The van der Waals surface area contributed by atoms with Crippen LogP contribution in [0.5, 0.6) is 0 Å². The first-order chi connectivity index (χ1) is 11.3. The lowest BCUT2D eigenvalue weighted by Gasteiger charge is -2.19. The van der Waals surface area contributed by atoms with Gasteiger partial charge in [-0.25, -0.2) is 0 Å². The molecule has 3 rings (SSSR count). The molecule has 0 saturated carbocycles. The van der Waals surface area contributed by atoms with E-state index in [1.807, 2.05) is 24.4 Å². The summed E-state index contributed by atoms with van der Waals surface area (Å²) in [6.07, 6.45) is 2.76. The van der Waals surface area contributed by atoms with Crippen LogP contribution in [-0.2, 0) is 16.0 Å². The first-order valence-corrected chi connectivity index (χ1v) is 9.21. The number of amides is 1. The summed E-state index contributed by atoms with van der Waals surface area (Å²) >= 11 is 1.65. The number of hydrogen-bond donors (Lipinski definition) is 1. The van der Waals surface area contributed by atoms with Gasteiger partial charge in [-0.1, -0.05) is 25.1 Å². The van der Waals surface area contributed by atoms with Gasteiger partial charge in [-0.3, -0.25) is 9.78 Å². The third-order valence-corrected chi connectivity index (χ3v) is 5.08. The number of para-hydroxylation sites is 1. The predicted molar refractivity (Wildman–Crippen MR) is 94.7 cm³/mol. The average molecular weight is 330 g/mol. The second-order valence-corrected chi connectivity index (χ2v) is 7.07. The molecule has 1 saturated heterocycles. The van der Waals surface area contributed by atoms with Crippen molar-refractivity contribution in [3.63, 3.8) is 0 Å². The van der Waals surface area contributed by atoms with Gasteiger partial charge in [-0.05, 0) is 29.9 Å². The van der Waals surface area contributed by atoms with Crippen molar-refractivity contribution in [3.05, 3.63) is 42.1 Å². The lowest BCUT2D eigenvalue weighted by molar-refractivity contribution is -0.119. The van der Waals surface area contributed by atoms with Crippen LogP contribution in [0.3, 0.4) is 0 Å². The van der Waals surface area contributed by atoms with Crippen molar-refractivity contribution in [1.82, 2.24) is 10.3 Å². The van der Waals surface area contributed by atoms with E-state index in [2.05, 4.69) is 29.4 Å². The number of carbonyl (C=O) groups is 1. The number of aromatic nitrogens is 1. The summed E-state index contributed by atoms with van der Waals surface area (Å²) in [5.41, 5.74) is 2.29. The van der Waals surface area contributed by atoms with Gasteiger partial charge in [0, 0.05) is 17.5 Å². The number of pyridine rings is 1. The molecule has 0 bridgehead atoms. The molecule has 1 aliphatic heterocycles. The maximum Gasteiger partial charge on any atom is 0.230 e. The highest BCUT2D eigenvalue weighted by Crippen LogP contribution is 2.24. The second-order valence-electron chi connectivity index (χ2n) is 5.80. The molecular formula is C18H22N2O2S. The van der Waals surface area contributed by atoms with E-state index in [4.69, 9.17) is 4.74 Å². The number of nitrogens with zero attached hydrogens (tertiary/aromatic N) is 1. The topological polar surface area (TPSA) is 51.2 Å². The summed E-state index contributed by atoms with van der Waals surface area (Å²) in [6, 6.07) is 10.4. The number of hydrogen-bond acceptors (Lipinski definition) is 4. The van der Waals surface area contributed by atoms with E-state index < -0.39 is 0 Å². The van der Waals surface area contributed by atoms with Gasteiger partial charge in [0.1, 0.15) is 0 Å². The minimum absolute atomic E-state index is 0.104. The zero-order valence-electron chi connectivity index (χ0n) is 13.3. The highest BCUT2D eigenvalue weighted by molar-refractivity contribution is 7.99. The van der Waals surface area contributed by atoms with Gasteiger partial charge in [0.25, 0.3) is 0 Å². The molecule has 1 aromatic carbocycles. The highest BCUT2D eigenvalue weighted by Gasteiger charge is 2.29. The van der Waals surface area contributed by atoms with Crippen molar-refractivity contribution in [2.75, 3.05) is 24.7 Å². The zero-order chi connectivity index (χ0) is 16.1. The smallest absolute Gasteiger partial charge is 0.230 e. The number of carbonyl (C=O) groups excluding carboxylic acids is 1. The Balaban J connectivity index is 1.69. The Morgan fingerprint density at radius 1 is 1.35 bits per heavy atom. The number of nitrogens with one attached hydrogen (secondary N) is 1. The molecule has 1 fully saturated rings. The molecule has 2 heterocycles. The Hall–Kier alpha value is -1.59. The Bertz CT molecular complexity index is 672. The summed E-state index contributed by atoms with van der Waals surface area (Å²) in [4.78, 5) is 16.4. The van der Waals surface area contributed by atoms with E-state index in [0.717, 1.165) is 17.7 Å². The van der Waals surface area contributed by atoms with Crippen LogP contribution in [0.1, 0.15) is 12.5 Å². The predicted octanol–water partition coefficient (Wildman–Crippen LogP) is 2.66. The van der Waals surface area contributed by atoms with E-state index >= 15 is 0 Å². The van der Waals surface area contributed by atoms with E-state index in [1.165, 1.54) is 10.9 Å². The zero-order valence-corrected chi connectivity index (χ0v) is 14.1. The van der Waals surface area contributed by atoms with Crippen molar-refractivity contribution >= 4 is 28.6 Å². The van der Waals surface area contributed by atoms with Crippen LogP contribution < -0.4 is 5.32 Å². The van der Waals surface area contributed by atoms with E-state index in [-0.39, 0.29) is 11.9 Å². The molecule has 1 aliphatic rings. The maximum atomic E-state index is 12.0.